The van der Waals surface area contributed by atoms with Gasteiger partial charge in [-0.15, -0.1) is 11.3 Å². The Morgan fingerprint density at radius 2 is 1.90 bits per heavy atom. The number of carbonyl (C=O) groups is 2. The molecule has 8 heteroatoms. The molecule has 2 aromatic carbocycles. The number of benzene rings is 2. The largest absolute Gasteiger partial charge is 0.462 e. The maximum absolute atomic E-state index is 13.8. The van der Waals surface area contributed by atoms with Crippen molar-refractivity contribution < 1.29 is 23.1 Å². The van der Waals surface area contributed by atoms with Crippen molar-refractivity contribution in [3.63, 3.8) is 0 Å². The summed E-state index contributed by atoms with van der Waals surface area (Å²) in [7, 11) is 0. The molecular weight excluding hydrogens is 432 g/mol. The number of rotatable bonds is 6. The third-order valence-corrected chi connectivity index (χ3v) is 5.29. The molecule has 0 spiro atoms. The van der Waals surface area contributed by atoms with Crippen LogP contribution in [0.4, 0.5) is 13.8 Å². The normalized spacial score (nSPS) is 10.9. The zero-order chi connectivity index (χ0) is 21.7. The first kappa shape index (κ1) is 21.7. The molecule has 0 radical (unpaired) electrons. The molecule has 3 aromatic rings. The van der Waals surface area contributed by atoms with Crippen molar-refractivity contribution in [1.82, 2.24) is 0 Å². The number of ether oxygens (including phenoxy) is 1. The highest BCUT2D eigenvalue weighted by atomic mass is 35.5. The zero-order valence-electron chi connectivity index (χ0n) is 15.7. The third-order valence-electron chi connectivity index (χ3n) is 4.06. The summed E-state index contributed by atoms with van der Waals surface area (Å²) in [6.45, 7) is 1.82. The van der Waals surface area contributed by atoms with Crippen molar-refractivity contribution in [3.8, 4) is 11.1 Å². The summed E-state index contributed by atoms with van der Waals surface area (Å²) >= 11 is 7.07. The maximum Gasteiger partial charge on any atom is 0.341 e. The highest BCUT2D eigenvalue weighted by Gasteiger charge is 2.22. The predicted octanol–water partition coefficient (Wildman–Crippen LogP) is 6.18. The lowest BCUT2D eigenvalue weighted by Crippen LogP contribution is -2.12. The van der Waals surface area contributed by atoms with E-state index in [1.807, 2.05) is 0 Å². The summed E-state index contributed by atoms with van der Waals surface area (Å²) in [4.78, 5) is 24.9. The van der Waals surface area contributed by atoms with Crippen LogP contribution in [0.1, 0.15) is 22.8 Å². The van der Waals surface area contributed by atoms with Crippen LogP contribution in [0.15, 0.2) is 53.9 Å². The minimum Gasteiger partial charge on any atom is -0.462 e. The standard InChI is InChI=1S/C22H16ClF2NO3S/c1-2-29-22(28)20-16(13-6-8-14(24)9-7-13)12-30-21(20)26-19(27)11-10-15-17(23)4-3-5-18(15)25/h3-12H,2H2,1H3,(H,26,27)/b11-10+. The van der Waals surface area contributed by atoms with Gasteiger partial charge in [0.1, 0.15) is 22.2 Å². The van der Waals surface area contributed by atoms with Crippen molar-refractivity contribution in [2.24, 2.45) is 0 Å². The number of carbonyl (C=O) groups excluding carboxylic acids is 2. The van der Waals surface area contributed by atoms with Gasteiger partial charge in [0.15, 0.2) is 0 Å². The fraction of sp³-hybridized carbons (Fsp3) is 0.0909. The molecule has 3 rings (SSSR count). The Balaban J connectivity index is 1.90. The van der Waals surface area contributed by atoms with Gasteiger partial charge in [0.2, 0.25) is 5.91 Å². The van der Waals surface area contributed by atoms with Crippen molar-refractivity contribution in [3.05, 3.63) is 81.7 Å². The van der Waals surface area contributed by atoms with Gasteiger partial charge in [-0.3, -0.25) is 4.79 Å². The molecule has 0 aliphatic rings. The molecule has 0 bridgehead atoms. The Hall–Kier alpha value is -3.03. The number of esters is 1. The van der Waals surface area contributed by atoms with Crippen molar-refractivity contribution in [2.75, 3.05) is 11.9 Å². The Morgan fingerprint density at radius 1 is 1.17 bits per heavy atom. The fourth-order valence-corrected chi connectivity index (χ4v) is 3.87. The van der Waals surface area contributed by atoms with E-state index in [1.54, 1.807) is 12.3 Å². The maximum atomic E-state index is 13.8. The average Bonchev–Trinajstić information content (AvgIpc) is 3.12. The topological polar surface area (TPSA) is 55.4 Å². The Morgan fingerprint density at radius 3 is 2.57 bits per heavy atom. The third kappa shape index (κ3) is 4.93. The number of anilines is 1. The number of thiophene rings is 1. The Kier molecular flexibility index (Phi) is 6.97. The van der Waals surface area contributed by atoms with Crippen LogP contribution in [-0.4, -0.2) is 18.5 Å². The SMILES string of the molecule is CCOC(=O)c1c(-c2ccc(F)cc2)csc1NC(=O)/C=C/c1c(F)cccc1Cl. The first-order valence-electron chi connectivity index (χ1n) is 8.88. The van der Waals surface area contributed by atoms with E-state index in [4.69, 9.17) is 16.3 Å². The van der Waals surface area contributed by atoms with Crippen LogP contribution >= 0.6 is 22.9 Å². The van der Waals surface area contributed by atoms with Gasteiger partial charge in [0.05, 0.1) is 11.6 Å². The highest BCUT2D eigenvalue weighted by Crippen LogP contribution is 2.36. The molecule has 1 amide bonds. The molecule has 30 heavy (non-hydrogen) atoms. The minimum absolute atomic E-state index is 0.0816. The van der Waals surface area contributed by atoms with Crippen molar-refractivity contribution in [2.45, 2.75) is 6.92 Å². The summed E-state index contributed by atoms with van der Waals surface area (Å²) in [6, 6.07) is 9.83. The van der Waals surface area contributed by atoms with Crippen LogP contribution in [0.2, 0.25) is 5.02 Å². The van der Waals surface area contributed by atoms with E-state index >= 15 is 0 Å². The predicted molar refractivity (Wildman–Crippen MR) is 115 cm³/mol. The van der Waals surface area contributed by atoms with E-state index in [1.165, 1.54) is 48.5 Å². The fourth-order valence-electron chi connectivity index (χ4n) is 2.68. The number of hydrogen-bond acceptors (Lipinski definition) is 4. The van der Waals surface area contributed by atoms with E-state index in [0.29, 0.717) is 11.1 Å². The van der Waals surface area contributed by atoms with Crippen LogP contribution in [0.3, 0.4) is 0 Å². The first-order chi connectivity index (χ1) is 14.4. The van der Waals surface area contributed by atoms with Crippen LogP contribution in [0.5, 0.6) is 0 Å². The van der Waals surface area contributed by atoms with Gasteiger partial charge < -0.3 is 10.1 Å². The molecule has 0 saturated heterocycles. The molecule has 0 unspecified atom stereocenters. The molecular formula is C22H16ClF2NO3S. The van der Waals surface area contributed by atoms with Gasteiger partial charge in [-0.2, -0.15) is 0 Å². The minimum atomic E-state index is -0.616. The lowest BCUT2D eigenvalue weighted by molar-refractivity contribution is -0.111. The number of hydrogen-bond donors (Lipinski definition) is 1. The Bertz CT molecular complexity index is 1090. The van der Waals surface area contributed by atoms with Gasteiger partial charge in [-0.25, -0.2) is 13.6 Å². The molecule has 4 nitrogen and oxygen atoms in total. The lowest BCUT2D eigenvalue weighted by atomic mass is 10.0. The molecule has 1 heterocycles. The van der Waals surface area contributed by atoms with Crippen molar-refractivity contribution in [1.29, 1.82) is 0 Å². The Labute approximate surface area is 180 Å². The first-order valence-corrected chi connectivity index (χ1v) is 10.1. The molecule has 0 atom stereocenters. The molecule has 1 N–H and O–H groups in total. The van der Waals surface area contributed by atoms with Crippen LogP contribution < -0.4 is 5.32 Å². The highest BCUT2D eigenvalue weighted by molar-refractivity contribution is 7.15. The van der Waals surface area contributed by atoms with Crippen molar-refractivity contribution >= 4 is 45.9 Å². The summed E-state index contributed by atoms with van der Waals surface area (Å²) in [5.74, 6) is -2.16. The zero-order valence-corrected chi connectivity index (χ0v) is 17.3. The number of amides is 1. The number of nitrogens with one attached hydrogen (secondary N) is 1. The smallest absolute Gasteiger partial charge is 0.341 e. The van der Waals surface area contributed by atoms with Gasteiger partial charge in [-0.1, -0.05) is 29.8 Å². The molecule has 0 fully saturated rings. The van der Waals surface area contributed by atoms with Gasteiger partial charge >= 0.3 is 5.97 Å². The second-order valence-corrected chi connectivity index (χ2v) is 7.33. The number of halogens is 3. The van der Waals surface area contributed by atoms with Gasteiger partial charge in [0, 0.05) is 22.6 Å². The summed E-state index contributed by atoms with van der Waals surface area (Å²) in [5, 5.41) is 4.72. The molecule has 1 aromatic heterocycles. The van der Waals surface area contributed by atoms with E-state index in [0.717, 1.165) is 17.4 Å². The van der Waals surface area contributed by atoms with Crippen LogP contribution in [0.25, 0.3) is 17.2 Å². The van der Waals surface area contributed by atoms with E-state index in [-0.39, 0.29) is 27.8 Å². The monoisotopic (exact) mass is 447 g/mol. The van der Waals surface area contributed by atoms with Crippen LogP contribution in [-0.2, 0) is 9.53 Å². The second-order valence-electron chi connectivity index (χ2n) is 6.04. The molecule has 154 valence electrons. The molecule has 0 saturated carbocycles. The van der Waals surface area contributed by atoms with Gasteiger partial charge in [0.25, 0.3) is 0 Å². The summed E-state index contributed by atoms with van der Waals surface area (Å²) in [5.41, 5.74) is 1.36. The van der Waals surface area contributed by atoms with E-state index in [9.17, 15) is 18.4 Å². The summed E-state index contributed by atoms with van der Waals surface area (Å²) in [6.07, 6.45) is 2.38. The molecule has 0 aliphatic heterocycles. The quantitative estimate of drug-likeness (QED) is 0.363. The van der Waals surface area contributed by atoms with E-state index < -0.39 is 23.5 Å². The second kappa shape index (κ2) is 9.65. The summed E-state index contributed by atoms with van der Waals surface area (Å²) < 4.78 is 32.2. The average molecular weight is 448 g/mol. The lowest BCUT2D eigenvalue weighted by Gasteiger charge is -2.08. The van der Waals surface area contributed by atoms with Gasteiger partial charge in [-0.05, 0) is 42.8 Å². The molecule has 0 aliphatic carbocycles. The van der Waals surface area contributed by atoms with E-state index in [2.05, 4.69) is 5.32 Å². The van der Waals surface area contributed by atoms with Crippen LogP contribution in [0, 0.1) is 11.6 Å².